The molecule has 1 fully saturated rings. The van der Waals surface area contributed by atoms with Crippen LogP contribution in [0.15, 0.2) is 18.2 Å². The van der Waals surface area contributed by atoms with Gasteiger partial charge in [0.1, 0.15) is 11.4 Å². The second kappa shape index (κ2) is 6.62. The molecule has 0 spiro atoms. The maximum absolute atomic E-state index is 13.6. The Kier molecular flexibility index (Phi) is 5.03. The molecule has 1 atom stereocenters. The lowest BCUT2D eigenvalue weighted by atomic mass is 9.99. The van der Waals surface area contributed by atoms with Crippen molar-refractivity contribution in [2.45, 2.75) is 31.7 Å². The zero-order chi connectivity index (χ0) is 16.3. The molecule has 1 unspecified atom stereocenters. The van der Waals surface area contributed by atoms with E-state index >= 15 is 0 Å². The molecule has 1 amide bonds. The zero-order valence-corrected chi connectivity index (χ0v) is 13.0. The highest BCUT2D eigenvalue weighted by Gasteiger charge is 2.43. The van der Waals surface area contributed by atoms with Gasteiger partial charge in [0.05, 0.1) is 5.69 Å². The minimum absolute atomic E-state index is 0.0665. The molecule has 0 bridgehead atoms. The van der Waals surface area contributed by atoms with E-state index in [1.54, 1.807) is 11.8 Å². The third kappa shape index (κ3) is 3.56. The molecule has 1 aliphatic heterocycles. The second-order valence-electron chi connectivity index (χ2n) is 5.59. The summed E-state index contributed by atoms with van der Waals surface area (Å²) in [5, 5.41) is 12.0. The summed E-state index contributed by atoms with van der Waals surface area (Å²) >= 11 is 5.65. The van der Waals surface area contributed by atoms with E-state index in [0.717, 1.165) is 12.5 Å². The predicted molar refractivity (Wildman–Crippen MR) is 81.5 cm³/mol. The Morgan fingerprint density at radius 3 is 2.86 bits per heavy atom. The van der Waals surface area contributed by atoms with Gasteiger partial charge in [0.25, 0.3) is 0 Å². The summed E-state index contributed by atoms with van der Waals surface area (Å²) in [6.07, 6.45) is 1.46. The number of anilines is 1. The fourth-order valence-electron chi connectivity index (χ4n) is 2.66. The Bertz CT molecular complexity index is 596. The van der Waals surface area contributed by atoms with Crippen molar-refractivity contribution in [2.24, 2.45) is 0 Å². The molecule has 22 heavy (non-hydrogen) atoms. The van der Waals surface area contributed by atoms with Crippen molar-refractivity contribution < 1.29 is 19.1 Å². The number of carboxylic acid groups (broad SMARTS) is 1. The first kappa shape index (κ1) is 16.7. The Morgan fingerprint density at radius 2 is 2.23 bits per heavy atom. The standard InChI is InChI=1S/C15H18ClFN2O3/c1-15(14(21)22)6-2-7-19(15)8-5-13(20)18-12-4-3-10(16)9-11(12)17/h3-4,9H,2,5-8H2,1H3,(H,18,20)(H,21,22). The van der Waals surface area contributed by atoms with E-state index in [2.05, 4.69) is 5.32 Å². The summed E-state index contributed by atoms with van der Waals surface area (Å²) in [4.78, 5) is 25.0. The van der Waals surface area contributed by atoms with Crippen LogP contribution in [0.2, 0.25) is 5.02 Å². The molecule has 5 nitrogen and oxygen atoms in total. The van der Waals surface area contributed by atoms with Gasteiger partial charge in [-0.05, 0) is 44.5 Å². The normalized spacial score (nSPS) is 21.8. The van der Waals surface area contributed by atoms with E-state index in [1.165, 1.54) is 12.1 Å². The average molecular weight is 329 g/mol. The van der Waals surface area contributed by atoms with Crippen LogP contribution < -0.4 is 5.32 Å². The summed E-state index contributed by atoms with van der Waals surface area (Å²) in [5.41, 5.74) is -0.858. The molecular formula is C15H18ClFN2O3. The maximum atomic E-state index is 13.6. The molecule has 1 aliphatic rings. The monoisotopic (exact) mass is 328 g/mol. The van der Waals surface area contributed by atoms with Gasteiger partial charge in [-0.25, -0.2) is 4.39 Å². The van der Waals surface area contributed by atoms with Gasteiger partial charge < -0.3 is 10.4 Å². The molecule has 1 heterocycles. The van der Waals surface area contributed by atoms with Gasteiger partial charge in [0, 0.05) is 18.0 Å². The molecule has 2 rings (SSSR count). The number of nitrogens with zero attached hydrogens (tertiary/aromatic N) is 1. The number of carbonyl (C=O) groups is 2. The van der Waals surface area contributed by atoms with Crippen molar-refractivity contribution in [1.82, 2.24) is 4.90 Å². The first-order chi connectivity index (χ1) is 10.3. The van der Waals surface area contributed by atoms with Gasteiger partial charge in [-0.1, -0.05) is 11.6 Å². The summed E-state index contributed by atoms with van der Waals surface area (Å²) in [5.74, 6) is -1.84. The minimum atomic E-state index is -0.925. The fraction of sp³-hybridized carbons (Fsp3) is 0.467. The van der Waals surface area contributed by atoms with Gasteiger partial charge in [0.2, 0.25) is 5.91 Å². The van der Waals surface area contributed by atoms with Crippen molar-refractivity contribution in [3.8, 4) is 0 Å². The molecule has 1 aromatic rings. The van der Waals surface area contributed by atoms with Crippen molar-refractivity contribution in [1.29, 1.82) is 0 Å². The van der Waals surface area contributed by atoms with Gasteiger partial charge in [0.15, 0.2) is 0 Å². The molecule has 2 N–H and O–H groups in total. The van der Waals surface area contributed by atoms with E-state index in [9.17, 15) is 19.1 Å². The van der Waals surface area contributed by atoms with Crippen LogP contribution in [0.5, 0.6) is 0 Å². The third-order valence-corrected chi connectivity index (χ3v) is 4.30. The minimum Gasteiger partial charge on any atom is -0.480 e. The highest BCUT2D eigenvalue weighted by atomic mass is 35.5. The summed E-state index contributed by atoms with van der Waals surface area (Å²) < 4.78 is 13.6. The predicted octanol–water partition coefficient (Wildman–Crippen LogP) is 2.75. The molecule has 0 aliphatic carbocycles. The molecule has 0 radical (unpaired) electrons. The smallest absolute Gasteiger partial charge is 0.323 e. The Morgan fingerprint density at radius 1 is 1.50 bits per heavy atom. The van der Waals surface area contributed by atoms with Crippen molar-refractivity contribution in [3.63, 3.8) is 0 Å². The summed E-state index contributed by atoms with van der Waals surface area (Å²) in [7, 11) is 0. The highest BCUT2D eigenvalue weighted by Crippen LogP contribution is 2.29. The number of carboxylic acids is 1. The lowest BCUT2D eigenvalue weighted by Gasteiger charge is -2.30. The van der Waals surface area contributed by atoms with Crippen LogP contribution >= 0.6 is 11.6 Å². The van der Waals surface area contributed by atoms with Crippen molar-refractivity contribution >= 4 is 29.2 Å². The third-order valence-electron chi connectivity index (χ3n) is 4.06. The van der Waals surface area contributed by atoms with Crippen LogP contribution in [-0.2, 0) is 9.59 Å². The van der Waals surface area contributed by atoms with Crippen LogP contribution in [0.3, 0.4) is 0 Å². The molecule has 120 valence electrons. The Labute approximate surface area is 133 Å². The molecular weight excluding hydrogens is 311 g/mol. The number of nitrogens with one attached hydrogen (secondary N) is 1. The van der Waals surface area contributed by atoms with Crippen LogP contribution in [0.1, 0.15) is 26.2 Å². The number of hydrogen-bond acceptors (Lipinski definition) is 3. The van der Waals surface area contributed by atoms with Crippen LogP contribution in [-0.4, -0.2) is 40.5 Å². The summed E-state index contributed by atoms with van der Waals surface area (Å²) in [6.45, 7) is 2.63. The lowest BCUT2D eigenvalue weighted by Crippen LogP contribution is -2.48. The number of benzene rings is 1. The van der Waals surface area contributed by atoms with E-state index < -0.39 is 17.3 Å². The SMILES string of the molecule is CC1(C(=O)O)CCCN1CCC(=O)Nc1ccc(Cl)cc1F. The quantitative estimate of drug-likeness (QED) is 0.872. The van der Waals surface area contributed by atoms with Gasteiger partial charge >= 0.3 is 5.97 Å². The van der Waals surface area contributed by atoms with E-state index in [0.29, 0.717) is 19.5 Å². The molecule has 1 aromatic carbocycles. The zero-order valence-electron chi connectivity index (χ0n) is 12.2. The molecule has 0 aromatic heterocycles. The van der Waals surface area contributed by atoms with Crippen molar-refractivity contribution in [3.05, 3.63) is 29.0 Å². The van der Waals surface area contributed by atoms with Gasteiger partial charge in [-0.2, -0.15) is 0 Å². The largest absolute Gasteiger partial charge is 0.480 e. The molecule has 1 saturated heterocycles. The average Bonchev–Trinajstić information content (AvgIpc) is 2.82. The van der Waals surface area contributed by atoms with Gasteiger partial charge in [-0.3, -0.25) is 14.5 Å². The number of halogens is 2. The lowest BCUT2D eigenvalue weighted by molar-refractivity contribution is -0.148. The van der Waals surface area contributed by atoms with E-state index in [1.807, 2.05) is 0 Å². The number of amides is 1. The first-order valence-electron chi connectivity index (χ1n) is 7.06. The van der Waals surface area contributed by atoms with Crippen molar-refractivity contribution in [2.75, 3.05) is 18.4 Å². The van der Waals surface area contributed by atoms with E-state index in [-0.39, 0.29) is 23.0 Å². The second-order valence-corrected chi connectivity index (χ2v) is 6.03. The number of carbonyl (C=O) groups excluding carboxylic acids is 1. The molecule has 7 heteroatoms. The Balaban J connectivity index is 1.92. The molecule has 0 saturated carbocycles. The summed E-state index contributed by atoms with van der Waals surface area (Å²) in [6, 6.07) is 4.01. The first-order valence-corrected chi connectivity index (χ1v) is 7.44. The fourth-order valence-corrected chi connectivity index (χ4v) is 2.82. The topological polar surface area (TPSA) is 69.6 Å². The number of aliphatic carboxylic acids is 1. The van der Waals surface area contributed by atoms with Crippen LogP contribution in [0, 0.1) is 5.82 Å². The van der Waals surface area contributed by atoms with E-state index in [4.69, 9.17) is 11.6 Å². The highest BCUT2D eigenvalue weighted by molar-refractivity contribution is 6.30. The number of hydrogen-bond donors (Lipinski definition) is 2. The van der Waals surface area contributed by atoms with Gasteiger partial charge in [-0.15, -0.1) is 0 Å². The number of rotatable bonds is 5. The number of likely N-dealkylation sites (tertiary alicyclic amines) is 1. The van der Waals surface area contributed by atoms with Crippen LogP contribution in [0.25, 0.3) is 0 Å². The van der Waals surface area contributed by atoms with Crippen LogP contribution in [0.4, 0.5) is 10.1 Å². The Hall–Kier alpha value is -1.66. The maximum Gasteiger partial charge on any atom is 0.323 e.